The van der Waals surface area contributed by atoms with Crippen LogP contribution in [-0.4, -0.2) is 37.7 Å². The van der Waals surface area contributed by atoms with Crippen molar-refractivity contribution in [3.05, 3.63) is 74.3 Å². The smallest absolute Gasteiger partial charge is 0.330 e. The molecular weight excluding hydrogens is 428 g/mol. The molecule has 0 spiro atoms. The van der Waals surface area contributed by atoms with Gasteiger partial charge in [0.15, 0.2) is 0 Å². The zero-order valence-electron chi connectivity index (χ0n) is 15.2. The number of morpholine rings is 1. The number of carbonyl (C=O) groups is 1. The number of ether oxygens (including phenoxy) is 2. The minimum atomic E-state index is -0.517. The first kappa shape index (κ1) is 20.0. The molecule has 7 nitrogen and oxygen atoms in total. The lowest BCUT2D eigenvalue weighted by Crippen LogP contribution is -2.38. The molecule has 146 valence electrons. The topological polar surface area (TPSA) is 81.9 Å². The van der Waals surface area contributed by atoms with Gasteiger partial charge in [0.05, 0.1) is 18.6 Å². The maximum atomic E-state index is 11.6. The summed E-state index contributed by atoms with van der Waals surface area (Å²) in [5.74, 6) is -0.517. The van der Waals surface area contributed by atoms with Gasteiger partial charge in [-0.2, -0.15) is 0 Å². The van der Waals surface area contributed by atoms with Gasteiger partial charge in [-0.15, -0.1) is 0 Å². The molecule has 2 aromatic rings. The second-order valence-corrected chi connectivity index (χ2v) is 7.04. The molecule has 28 heavy (non-hydrogen) atoms. The van der Waals surface area contributed by atoms with E-state index in [0.717, 1.165) is 10.0 Å². The van der Waals surface area contributed by atoms with Gasteiger partial charge in [-0.05, 0) is 29.3 Å². The molecule has 1 saturated heterocycles. The third-order valence-corrected chi connectivity index (χ3v) is 5.19. The number of esters is 1. The number of nitro benzene ring substituents is 1. The first-order valence-corrected chi connectivity index (χ1v) is 9.44. The normalized spacial score (nSPS) is 16.9. The molecule has 0 saturated carbocycles. The van der Waals surface area contributed by atoms with E-state index < -0.39 is 10.9 Å². The zero-order valence-corrected chi connectivity index (χ0v) is 16.8. The van der Waals surface area contributed by atoms with Crippen LogP contribution < -0.4 is 4.90 Å². The number of benzene rings is 2. The Morgan fingerprint density at radius 2 is 2.14 bits per heavy atom. The molecule has 1 unspecified atom stereocenters. The molecule has 8 heteroatoms. The van der Waals surface area contributed by atoms with Crippen LogP contribution in [0.3, 0.4) is 0 Å². The van der Waals surface area contributed by atoms with E-state index in [1.165, 1.54) is 25.3 Å². The summed E-state index contributed by atoms with van der Waals surface area (Å²) in [6.07, 6.45) is 2.53. The summed E-state index contributed by atoms with van der Waals surface area (Å²) in [5.41, 5.74) is 2.07. The molecule has 1 aliphatic heterocycles. The highest BCUT2D eigenvalue weighted by Crippen LogP contribution is 2.35. The third kappa shape index (κ3) is 4.58. The predicted molar refractivity (Wildman–Crippen MR) is 109 cm³/mol. The first-order valence-electron chi connectivity index (χ1n) is 8.65. The minimum Gasteiger partial charge on any atom is -0.466 e. The zero-order chi connectivity index (χ0) is 20.1. The molecule has 3 rings (SSSR count). The SMILES string of the molecule is COC(=O)C=Cc1ccc(N2CCOC(c3ccccc3Br)C2)c([N+](=O)[O-])c1. The lowest BCUT2D eigenvalue weighted by Gasteiger charge is -2.34. The number of anilines is 1. The Kier molecular flexibility index (Phi) is 6.43. The molecule has 0 N–H and O–H groups in total. The van der Waals surface area contributed by atoms with Crippen LogP contribution in [0.15, 0.2) is 53.0 Å². The van der Waals surface area contributed by atoms with Gasteiger partial charge in [0.1, 0.15) is 11.8 Å². The van der Waals surface area contributed by atoms with Crippen LogP contribution in [0.2, 0.25) is 0 Å². The van der Waals surface area contributed by atoms with E-state index in [-0.39, 0.29) is 11.8 Å². The van der Waals surface area contributed by atoms with Crippen molar-refractivity contribution in [3.63, 3.8) is 0 Å². The number of methoxy groups -OCH3 is 1. The van der Waals surface area contributed by atoms with Gasteiger partial charge in [-0.3, -0.25) is 10.1 Å². The second-order valence-electron chi connectivity index (χ2n) is 6.19. The van der Waals surface area contributed by atoms with E-state index in [4.69, 9.17) is 4.74 Å². The lowest BCUT2D eigenvalue weighted by molar-refractivity contribution is -0.384. The fourth-order valence-corrected chi connectivity index (χ4v) is 3.62. The molecule has 0 aliphatic carbocycles. The standard InChI is InChI=1S/C20H19BrN2O5/c1-27-20(24)9-7-14-6-8-17(18(12-14)23(25)26)22-10-11-28-19(13-22)15-4-2-3-5-16(15)21/h2-9,12,19H,10-11,13H2,1H3. The quantitative estimate of drug-likeness (QED) is 0.297. The molecule has 0 amide bonds. The van der Waals surface area contributed by atoms with E-state index >= 15 is 0 Å². The Labute approximate surface area is 170 Å². The lowest BCUT2D eigenvalue weighted by atomic mass is 10.1. The van der Waals surface area contributed by atoms with Gasteiger partial charge in [-0.25, -0.2) is 4.79 Å². The first-order chi connectivity index (χ1) is 13.5. The highest BCUT2D eigenvalue weighted by molar-refractivity contribution is 9.10. The van der Waals surface area contributed by atoms with Crippen molar-refractivity contribution in [2.75, 3.05) is 31.7 Å². The average molecular weight is 447 g/mol. The maximum Gasteiger partial charge on any atom is 0.330 e. The van der Waals surface area contributed by atoms with Gasteiger partial charge >= 0.3 is 5.97 Å². The molecule has 1 aliphatic rings. The number of halogens is 1. The number of hydrogen-bond acceptors (Lipinski definition) is 6. The number of nitro groups is 1. The average Bonchev–Trinajstić information content (AvgIpc) is 2.72. The molecule has 0 aromatic heterocycles. The Bertz CT molecular complexity index is 915. The molecular formula is C20H19BrN2O5. The molecule has 1 heterocycles. The number of nitrogens with zero attached hydrogens (tertiary/aromatic N) is 2. The number of hydrogen-bond donors (Lipinski definition) is 0. The van der Waals surface area contributed by atoms with E-state index in [1.54, 1.807) is 12.1 Å². The monoisotopic (exact) mass is 446 g/mol. The van der Waals surface area contributed by atoms with E-state index in [0.29, 0.717) is 30.9 Å². The van der Waals surface area contributed by atoms with Crippen LogP contribution in [0, 0.1) is 10.1 Å². The predicted octanol–water partition coefficient (Wildman–Crippen LogP) is 4.12. The summed E-state index contributed by atoms with van der Waals surface area (Å²) in [5, 5.41) is 11.6. The van der Waals surface area contributed by atoms with Crippen LogP contribution in [0.4, 0.5) is 11.4 Å². The fourth-order valence-electron chi connectivity index (χ4n) is 3.08. The van der Waals surface area contributed by atoms with Crippen molar-refractivity contribution in [3.8, 4) is 0 Å². The molecule has 0 bridgehead atoms. The molecule has 1 atom stereocenters. The van der Waals surface area contributed by atoms with Crippen LogP contribution >= 0.6 is 15.9 Å². The van der Waals surface area contributed by atoms with Crippen LogP contribution in [0.1, 0.15) is 17.2 Å². The number of carbonyl (C=O) groups excluding carboxylic acids is 1. The number of rotatable bonds is 5. The summed E-state index contributed by atoms with van der Waals surface area (Å²) in [6, 6.07) is 12.7. The van der Waals surface area contributed by atoms with Gasteiger partial charge in [-0.1, -0.05) is 40.2 Å². The van der Waals surface area contributed by atoms with Gasteiger partial charge in [0.25, 0.3) is 5.69 Å². The van der Waals surface area contributed by atoms with Crippen molar-refractivity contribution in [1.82, 2.24) is 0 Å². The largest absolute Gasteiger partial charge is 0.466 e. The Hall–Kier alpha value is -2.71. The van der Waals surface area contributed by atoms with Crippen molar-refractivity contribution in [1.29, 1.82) is 0 Å². The molecule has 1 fully saturated rings. The highest BCUT2D eigenvalue weighted by Gasteiger charge is 2.28. The summed E-state index contributed by atoms with van der Waals surface area (Å²) >= 11 is 3.54. The van der Waals surface area contributed by atoms with Crippen molar-refractivity contribution in [2.45, 2.75) is 6.10 Å². The van der Waals surface area contributed by atoms with Gasteiger partial charge in [0, 0.05) is 29.7 Å². The fraction of sp³-hybridized carbons (Fsp3) is 0.250. The highest BCUT2D eigenvalue weighted by atomic mass is 79.9. The molecule has 2 aromatic carbocycles. The minimum absolute atomic E-state index is 0.0141. The van der Waals surface area contributed by atoms with Crippen LogP contribution in [0.5, 0.6) is 0 Å². The Morgan fingerprint density at radius 3 is 2.86 bits per heavy atom. The van der Waals surface area contributed by atoms with Crippen LogP contribution in [-0.2, 0) is 14.3 Å². The summed E-state index contributed by atoms with van der Waals surface area (Å²) in [4.78, 5) is 24.4. The summed E-state index contributed by atoms with van der Waals surface area (Å²) in [7, 11) is 1.28. The van der Waals surface area contributed by atoms with Crippen molar-refractivity contribution < 1.29 is 19.2 Å². The van der Waals surface area contributed by atoms with Crippen molar-refractivity contribution in [2.24, 2.45) is 0 Å². The third-order valence-electron chi connectivity index (χ3n) is 4.47. The Balaban J connectivity index is 1.87. The van der Waals surface area contributed by atoms with Gasteiger partial charge in [0.2, 0.25) is 0 Å². The van der Waals surface area contributed by atoms with Crippen LogP contribution in [0.25, 0.3) is 6.08 Å². The molecule has 0 radical (unpaired) electrons. The second kappa shape index (κ2) is 8.99. The van der Waals surface area contributed by atoms with E-state index in [9.17, 15) is 14.9 Å². The maximum absolute atomic E-state index is 11.6. The summed E-state index contributed by atoms with van der Waals surface area (Å²) < 4.78 is 11.4. The van der Waals surface area contributed by atoms with Gasteiger partial charge < -0.3 is 14.4 Å². The van der Waals surface area contributed by atoms with E-state index in [1.807, 2.05) is 29.2 Å². The van der Waals surface area contributed by atoms with E-state index in [2.05, 4.69) is 20.7 Å². The van der Waals surface area contributed by atoms with Crippen molar-refractivity contribution >= 4 is 39.4 Å². The Morgan fingerprint density at radius 1 is 1.36 bits per heavy atom. The summed E-state index contributed by atoms with van der Waals surface area (Å²) in [6.45, 7) is 1.52.